The van der Waals surface area contributed by atoms with E-state index in [4.69, 9.17) is 9.47 Å². The average Bonchev–Trinajstić information content (AvgIpc) is 3.33. The van der Waals surface area contributed by atoms with Crippen LogP contribution in [0.25, 0.3) is 11.0 Å². The Balaban J connectivity index is 1.56. The molecule has 0 aromatic carbocycles. The number of fused-ring (bicyclic) bond motifs is 3. The maximum atomic E-state index is 13.5. The first-order chi connectivity index (χ1) is 21.6. The molecule has 9 nitrogen and oxygen atoms in total. The average molecular weight is 694 g/mol. The molecule has 3 heterocycles. The highest BCUT2D eigenvalue weighted by Gasteiger charge is 2.42. The fourth-order valence-electron chi connectivity index (χ4n) is 6.06. The number of nitrogens with zero attached hydrogens (tertiary/aromatic N) is 5. The number of pyridine rings is 1. The van der Waals surface area contributed by atoms with Crippen LogP contribution in [-0.2, 0) is 16.2 Å². The van der Waals surface area contributed by atoms with Crippen LogP contribution in [0.2, 0.25) is 25.7 Å². The predicted octanol–water partition coefficient (Wildman–Crippen LogP) is 7.49. The van der Waals surface area contributed by atoms with Gasteiger partial charge in [0.15, 0.2) is 0 Å². The molecule has 0 spiro atoms. The second kappa shape index (κ2) is 13.8. The normalized spacial score (nSPS) is 19.7. The summed E-state index contributed by atoms with van der Waals surface area (Å²) >= 11 is 0. The second-order valence-corrected chi connectivity index (χ2v) is 20.4. The number of carbonyl (C=O) groups is 2. The predicted molar refractivity (Wildman–Crippen MR) is 168 cm³/mol. The maximum absolute atomic E-state index is 13.5. The standard InChI is InChI=1S/C31H45F6N5O4Si/c1-29(2,3)46-28(44)40(17-30(32,33)34)16-21-7-9-22(10-8-21)42-19-41(18-31(35,36)37)27(43)24-15-38-26-23(25(24)42)11-12-39(26)20-45-13-14-47(4,5)6/h11-12,15,21-22H,7-10,13-14,16-20H2,1-6H3/t21-,22-. The summed E-state index contributed by atoms with van der Waals surface area (Å²) in [6, 6.07) is 2.46. The van der Waals surface area contributed by atoms with E-state index in [1.165, 1.54) is 6.20 Å². The molecule has 0 saturated heterocycles. The van der Waals surface area contributed by atoms with Crippen molar-refractivity contribution in [1.29, 1.82) is 0 Å². The summed E-state index contributed by atoms with van der Waals surface area (Å²) in [5, 5.41) is 0.611. The summed E-state index contributed by atoms with van der Waals surface area (Å²) in [5.41, 5.74) is 0.121. The number of alkyl halides is 6. The van der Waals surface area contributed by atoms with Crippen molar-refractivity contribution in [2.75, 3.05) is 37.8 Å². The lowest BCUT2D eigenvalue weighted by Crippen LogP contribution is -2.54. The second-order valence-electron chi connectivity index (χ2n) is 14.8. The lowest BCUT2D eigenvalue weighted by atomic mass is 9.84. The van der Waals surface area contributed by atoms with Gasteiger partial charge in [-0.2, -0.15) is 26.3 Å². The summed E-state index contributed by atoms with van der Waals surface area (Å²) in [4.78, 5) is 33.7. The summed E-state index contributed by atoms with van der Waals surface area (Å²) in [5.74, 6) is -1.04. The van der Waals surface area contributed by atoms with Gasteiger partial charge in [-0.25, -0.2) is 9.78 Å². The van der Waals surface area contributed by atoms with Crippen LogP contribution in [0.4, 0.5) is 36.8 Å². The van der Waals surface area contributed by atoms with E-state index in [1.807, 2.05) is 0 Å². The van der Waals surface area contributed by atoms with E-state index < -0.39 is 51.1 Å². The van der Waals surface area contributed by atoms with Gasteiger partial charge in [0.1, 0.15) is 31.1 Å². The summed E-state index contributed by atoms with van der Waals surface area (Å²) in [6.07, 6.45) is -5.44. The van der Waals surface area contributed by atoms with Crippen LogP contribution in [0.5, 0.6) is 0 Å². The highest BCUT2D eigenvalue weighted by Crippen LogP contribution is 2.40. The van der Waals surface area contributed by atoms with Crippen molar-refractivity contribution in [1.82, 2.24) is 19.4 Å². The first kappa shape index (κ1) is 36.8. The van der Waals surface area contributed by atoms with Gasteiger partial charge in [0.2, 0.25) is 0 Å². The Hall–Kier alpha value is -3.01. The van der Waals surface area contributed by atoms with E-state index in [1.54, 1.807) is 42.5 Å². The number of carbonyl (C=O) groups excluding carboxylic acids is 2. The molecule has 0 radical (unpaired) electrons. The van der Waals surface area contributed by atoms with Crippen LogP contribution < -0.4 is 4.90 Å². The summed E-state index contributed by atoms with van der Waals surface area (Å²) in [7, 11) is -1.31. The number of ether oxygens (including phenoxy) is 2. The molecule has 2 amide bonds. The molecule has 2 aliphatic rings. The van der Waals surface area contributed by atoms with Gasteiger partial charge < -0.3 is 23.8 Å². The van der Waals surface area contributed by atoms with Crippen molar-refractivity contribution in [2.45, 2.75) is 103 Å². The lowest BCUT2D eigenvalue weighted by molar-refractivity contribution is -0.146. The van der Waals surface area contributed by atoms with E-state index in [9.17, 15) is 35.9 Å². The molecule has 16 heteroatoms. The lowest BCUT2D eigenvalue weighted by Gasteiger charge is -2.45. The van der Waals surface area contributed by atoms with Crippen LogP contribution in [0.1, 0.15) is 56.8 Å². The maximum Gasteiger partial charge on any atom is 0.410 e. The number of hydrogen-bond acceptors (Lipinski definition) is 6. The Labute approximate surface area is 272 Å². The molecule has 1 saturated carbocycles. The molecule has 4 rings (SSSR count). The number of amides is 2. The SMILES string of the molecule is CC(C)(C)OC(=O)N(CC(F)(F)F)C[C@H]1CC[C@H](N2CN(CC(F)(F)F)C(=O)c3cnc4c(ccn4COCC[Si](C)(C)C)c32)CC1. The Morgan fingerprint density at radius 3 is 2.28 bits per heavy atom. The minimum atomic E-state index is -4.62. The van der Waals surface area contributed by atoms with E-state index in [2.05, 4.69) is 24.6 Å². The molecular formula is C31H45F6N5O4Si. The number of halogens is 6. The van der Waals surface area contributed by atoms with Gasteiger partial charge in [0.25, 0.3) is 5.91 Å². The Bertz CT molecular complexity index is 1410. The van der Waals surface area contributed by atoms with Gasteiger partial charge in [-0.3, -0.25) is 9.69 Å². The van der Waals surface area contributed by atoms with Crippen molar-refractivity contribution in [3.05, 3.63) is 24.0 Å². The molecule has 2 aromatic heterocycles. The molecule has 2 aromatic rings. The Morgan fingerprint density at radius 1 is 1.04 bits per heavy atom. The summed E-state index contributed by atoms with van der Waals surface area (Å²) < 4.78 is 93.6. The third-order valence-electron chi connectivity index (χ3n) is 8.24. The fraction of sp³-hybridized carbons (Fsp3) is 0.710. The van der Waals surface area contributed by atoms with E-state index in [0.717, 1.165) is 10.9 Å². The van der Waals surface area contributed by atoms with Crippen molar-refractivity contribution >= 4 is 36.8 Å². The van der Waals surface area contributed by atoms with Crippen LogP contribution >= 0.6 is 0 Å². The smallest absolute Gasteiger partial charge is 0.410 e. The third-order valence-corrected chi connectivity index (χ3v) is 9.95. The molecule has 264 valence electrons. The van der Waals surface area contributed by atoms with Gasteiger partial charge >= 0.3 is 18.4 Å². The van der Waals surface area contributed by atoms with Crippen LogP contribution in [0.3, 0.4) is 0 Å². The van der Waals surface area contributed by atoms with Crippen LogP contribution in [-0.4, -0.2) is 96.3 Å². The summed E-state index contributed by atoms with van der Waals surface area (Å²) in [6.45, 7) is 8.94. The molecular weight excluding hydrogens is 648 g/mol. The third kappa shape index (κ3) is 10.2. The minimum Gasteiger partial charge on any atom is -0.444 e. The molecule has 1 aliphatic carbocycles. The first-order valence-electron chi connectivity index (χ1n) is 15.8. The number of aromatic nitrogens is 2. The highest BCUT2D eigenvalue weighted by atomic mass is 28.3. The van der Waals surface area contributed by atoms with Crippen molar-refractivity contribution in [3.8, 4) is 0 Å². The topological polar surface area (TPSA) is 80.1 Å². The van der Waals surface area contributed by atoms with Crippen LogP contribution in [0.15, 0.2) is 18.5 Å². The van der Waals surface area contributed by atoms with Gasteiger partial charge in [-0.1, -0.05) is 19.6 Å². The highest BCUT2D eigenvalue weighted by molar-refractivity contribution is 6.76. The van der Waals surface area contributed by atoms with Crippen LogP contribution in [0, 0.1) is 5.92 Å². The van der Waals surface area contributed by atoms with E-state index in [-0.39, 0.29) is 37.5 Å². The molecule has 0 bridgehead atoms. The minimum absolute atomic E-state index is 0.0637. The molecule has 0 unspecified atom stereocenters. The Morgan fingerprint density at radius 2 is 1.70 bits per heavy atom. The van der Waals surface area contributed by atoms with Gasteiger partial charge in [0, 0.05) is 45.0 Å². The molecule has 0 atom stereocenters. The van der Waals surface area contributed by atoms with Crippen molar-refractivity contribution in [2.24, 2.45) is 5.92 Å². The number of rotatable bonds is 10. The van der Waals surface area contributed by atoms with Gasteiger partial charge in [-0.05, 0) is 64.5 Å². The zero-order valence-corrected chi connectivity index (χ0v) is 28.8. The van der Waals surface area contributed by atoms with Gasteiger partial charge in [0.05, 0.1) is 17.9 Å². The number of anilines is 1. The molecule has 47 heavy (non-hydrogen) atoms. The fourth-order valence-corrected chi connectivity index (χ4v) is 6.82. The first-order valence-corrected chi connectivity index (χ1v) is 19.5. The number of hydrogen-bond donors (Lipinski definition) is 0. The van der Waals surface area contributed by atoms with Crippen molar-refractivity contribution < 1.29 is 45.4 Å². The Kier molecular flexibility index (Phi) is 10.8. The van der Waals surface area contributed by atoms with E-state index >= 15 is 0 Å². The molecule has 1 aliphatic heterocycles. The van der Waals surface area contributed by atoms with E-state index in [0.29, 0.717) is 53.9 Å². The van der Waals surface area contributed by atoms with Gasteiger partial charge in [-0.15, -0.1) is 0 Å². The molecule has 0 N–H and O–H groups in total. The quantitative estimate of drug-likeness (QED) is 0.146. The van der Waals surface area contributed by atoms with Crippen molar-refractivity contribution in [3.63, 3.8) is 0 Å². The zero-order valence-electron chi connectivity index (χ0n) is 27.8. The zero-order chi connectivity index (χ0) is 34.9. The monoisotopic (exact) mass is 693 g/mol. The largest absolute Gasteiger partial charge is 0.444 e. The molecule has 1 fully saturated rings.